The minimum absolute atomic E-state index is 0.0376. The van der Waals surface area contributed by atoms with Gasteiger partial charge in [0.05, 0.1) is 0 Å². The molecule has 3 aliphatic rings. The average molecular weight is 307 g/mol. The minimum atomic E-state index is 0.0376. The molecular formula is C19H21N3O. The van der Waals surface area contributed by atoms with E-state index in [1.807, 2.05) is 41.3 Å². The van der Waals surface area contributed by atoms with Gasteiger partial charge in [-0.05, 0) is 42.7 Å². The van der Waals surface area contributed by atoms with E-state index in [1.165, 1.54) is 19.3 Å². The quantitative estimate of drug-likeness (QED) is 0.788. The van der Waals surface area contributed by atoms with Crippen molar-refractivity contribution in [1.29, 1.82) is 0 Å². The smallest absolute Gasteiger partial charge is 0.252 e. The summed E-state index contributed by atoms with van der Waals surface area (Å²) in [5, 5.41) is 8.16. The number of carbonyl (C=O) groups excluding carboxylic acids is 1. The predicted octanol–water partition coefficient (Wildman–Crippen LogP) is 3.51. The molecule has 1 aromatic carbocycles. The van der Waals surface area contributed by atoms with E-state index < -0.39 is 0 Å². The average Bonchev–Trinajstić information content (AvgIpc) is 3.32. The highest BCUT2D eigenvalue weighted by Crippen LogP contribution is 2.47. The van der Waals surface area contributed by atoms with Gasteiger partial charge in [-0.15, -0.1) is 5.10 Å². The van der Waals surface area contributed by atoms with Crippen molar-refractivity contribution in [2.24, 2.45) is 22.0 Å². The maximum Gasteiger partial charge on any atom is 0.252 e. The molecule has 4 heteroatoms. The zero-order valence-corrected chi connectivity index (χ0v) is 13.1. The van der Waals surface area contributed by atoms with Crippen molar-refractivity contribution in [3.05, 3.63) is 42.0 Å². The van der Waals surface area contributed by atoms with E-state index in [0.717, 1.165) is 23.7 Å². The molecule has 2 saturated carbocycles. The molecular weight excluding hydrogens is 286 g/mol. The number of fused-ring (bicyclic) bond motifs is 2. The van der Waals surface area contributed by atoms with Gasteiger partial charge < -0.3 is 0 Å². The van der Waals surface area contributed by atoms with Crippen LogP contribution in [0.3, 0.4) is 0 Å². The normalized spacial score (nSPS) is 28.5. The third-order valence-electron chi connectivity index (χ3n) is 5.29. The first kappa shape index (κ1) is 14.4. The van der Waals surface area contributed by atoms with Crippen molar-refractivity contribution >= 4 is 24.0 Å². The van der Waals surface area contributed by atoms with Crippen LogP contribution in [0, 0.1) is 11.8 Å². The molecule has 4 rings (SSSR count). The summed E-state index contributed by atoms with van der Waals surface area (Å²) >= 11 is 0. The SMILES string of the molecule is O=C(/C=C/c1ccccc1)N(C1=NN=CC1)C1CC2CCC1C2. The first-order chi connectivity index (χ1) is 11.3. The van der Waals surface area contributed by atoms with Gasteiger partial charge >= 0.3 is 0 Å². The van der Waals surface area contributed by atoms with Crippen LogP contribution in [0.5, 0.6) is 0 Å². The molecule has 0 radical (unpaired) electrons. The van der Waals surface area contributed by atoms with Gasteiger partial charge in [-0.1, -0.05) is 36.8 Å². The molecule has 4 nitrogen and oxygen atoms in total. The third-order valence-corrected chi connectivity index (χ3v) is 5.29. The monoisotopic (exact) mass is 307 g/mol. The summed E-state index contributed by atoms with van der Waals surface area (Å²) in [6, 6.07) is 10.2. The number of amidine groups is 1. The number of hydrogen-bond donors (Lipinski definition) is 0. The topological polar surface area (TPSA) is 45.0 Å². The molecule has 23 heavy (non-hydrogen) atoms. The fourth-order valence-electron chi connectivity index (χ4n) is 4.24. The van der Waals surface area contributed by atoms with Crippen LogP contribution in [0.1, 0.15) is 37.7 Å². The van der Waals surface area contributed by atoms with E-state index in [1.54, 1.807) is 12.3 Å². The molecule has 2 aliphatic carbocycles. The van der Waals surface area contributed by atoms with Crippen LogP contribution in [0.2, 0.25) is 0 Å². The van der Waals surface area contributed by atoms with Crippen LogP contribution in [-0.2, 0) is 4.79 Å². The van der Waals surface area contributed by atoms with Gasteiger partial charge in [0.1, 0.15) is 5.84 Å². The molecule has 2 bridgehead atoms. The van der Waals surface area contributed by atoms with Gasteiger partial charge in [0.2, 0.25) is 0 Å². The fourth-order valence-corrected chi connectivity index (χ4v) is 4.24. The molecule has 1 heterocycles. The number of amides is 1. The third kappa shape index (κ3) is 2.85. The summed E-state index contributed by atoms with van der Waals surface area (Å²) in [4.78, 5) is 14.8. The molecule has 1 aliphatic heterocycles. The molecule has 1 amide bonds. The zero-order chi connectivity index (χ0) is 15.6. The maximum atomic E-state index is 12.9. The Balaban J connectivity index is 1.55. The lowest BCUT2D eigenvalue weighted by molar-refractivity contribution is -0.124. The lowest BCUT2D eigenvalue weighted by Crippen LogP contribution is -2.46. The molecule has 118 valence electrons. The van der Waals surface area contributed by atoms with Crippen LogP contribution >= 0.6 is 0 Å². The minimum Gasteiger partial charge on any atom is -0.291 e. The second kappa shape index (κ2) is 6.11. The van der Waals surface area contributed by atoms with Crippen molar-refractivity contribution in [2.75, 3.05) is 0 Å². The molecule has 3 unspecified atom stereocenters. The Bertz CT molecular complexity index is 677. The Morgan fingerprint density at radius 2 is 2.04 bits per heavy atom. The molecule has 0 spiro atoms. The summed E-state index contributed by atoms with van der Waals surface area (Å²) in [6.45, 7) is 0. The standard InChI is InChI=1S/C19H21N3O/c23-19(9-7-14-4-2-1-3-5-14)22(18-10-11-20-21-18)17-13-15-6-8-16(17)12-15/h1-5,7,9,11,15-17H,6,8,10,12-13H2/b9-7+. The van der Waals surface area contributed by atoms with Gasteiger partial charge in [-0.2, -0.15) is 5.10 Å². The Hall–Kier alpha value is -2.23. The van der Waals surface area contributed by atoms with E-state index in [-0.39, 0.29) is 5.91 Å². The first-order valence-electron chi connectivity index (χ1n) is 8.46. The maximum absolute atomic E-state index is 12.9. The number of nitrogens with zero attached hydrogens (tertiary/aromatic N) is 3. The van der Waals surface area contributed by atoms with Crippen molar-refractivity contribution in [1.82, 2.24) is 4.90 Å². The highest BCUT2D eigenvalue weighted by atomic mass is 16.2. The zero-order valence-electron chi connectivity index (χ0n) is 13.1. The first-order valence-corrected chi connectivity index (χ1v) is 8.46. The van der Waals surface area contributed by atoms with Crippen LogP contribution in [0.15, 0.2) is 46.6 Å². The number of hydrogen-bond acceptors (Lipinski definition) is 3. The van der Waals surface area contributed by atoms with E-state index in [2.05, 4.69) is 10.2 Å². The van der Waals surface area contributed by atoms with Crippen molar-refractivity contribution in [3.8, 4) is 0 Å². The fraction of sp³-hybridized carbons (Fsp3) is 0.421. The highest BCUT2D eigenvalue weighted by Gasteiger charge is 2.44. The molecule has 1 aromatic rings. The van der Waals surface area contributed by atoms with E-state index in [4.69, 9.17) is 0 Å². The second-order valence-electron chi connectivity index (χ2n) is 6.71. The van der Waals surface area contributed by atoms with Crippen LogP contribution in [0.4, 0.5) is 0 Å². The van der Waals surface area contributed by atoms with Gasteiger partial charge in [-0.25, -0.2) is 0 Å². The summed E-state index contributed by atoms with van der Waals surface area (Å²) < 4.78 is 0. The number of rotatable bonds is 3. The summed E-state index contributed by atoms with van der Waals surface area (Å²) in [5.74, 6) is 2.28. The lowest BCUT2D eigenvalue weighted by atomic mass is 9.93. The predicted molar refractivity (Wildman–Crippen MR) is 92.1 cm³/mol. The van der Waals surface area contributed by atoms with Crippen LogP contribution in [-0.4, -0.2) is 28.9 Å². The molecule has 2 fully saturated rings. The molecule has 3 atom stereocenters. The largest absolute Gasteiger partial charge is 0.291 e. The van der Waals surface area contributed by atoms with Gasteiger partial charge in [-0.3, -0.25) is 9.69 Å². The highest BCUT2D eigenvalue weighted by molar-refractivity contribution is 6.09. The Kier molecular flexibility index (Phi) is 3.82. The second-order valence-corrected chi connectivity index (χ2v) is 6.71. The number of benzene rings is 1. The van der Waals surface area contributed by atoms with Gasteiger partial charge in [0.25, 0.3) is 5.91 Å². The van der Waals surface area contributed by atoms with Crippen LogP contribution in [0.25, 0.3) is 6.08 Å². The van der Waals surface area contributed by atoms with E-state index >= 15 is 0 Å². The van der Waals surface area contributed by atoms with Crippen LogP contribution < -0.4 is 0 Å². The van der Waals surface area contributed by atoms with E-state index in [0.29, 0.717) is 18.4 Å². The van der Waals surface area contributed by atoms with Crippen molar-refractivity contribution in [2.45, 2.75) is 38.1 Å². The molecule has 0 N–H and O–H groups in total. The molecule has 0 aromatic heterocycles. The van der Waals surface area contributed by atoms with E-state index in [9.17, 15) is 4.79 Å². The summed E-state index contributed by atoms with van der Waals surface area (Å²) in [5.41, 5.74) is 1.04. The van der Waals surface area contributed by atoms with Crippen molar-refractivity contribution < 1.29 is 4.79 Å². The summed E-state index contributed by atoms with van der Waals surface area (Å²) in [6.07, 6.45) is 11.0. The Labute approximate surface area is 136 Å². The Morgan fingerprint density at radius 3 is 2.70 bits per heavy atom. The number of carbonyl (C=O) groups is 1. The van der Waals surface area contributed by atoms with Crippen molar-refractivity contribution in [3.63, 3.8) is 0 Å². The van der Waals surface area contributed by atoms with Gasteiger partial charge in [0, 0.05) is 24.8 Å². The Morgan fingerprint density at radius 1 is 1.17 bits per heavy atom. The molecule has 0 saturated heterocycles. The summed E-state index contributed by atoms with van der Waals surface area (Å²) in [7, 11) is 0. The lowest BCUT2D eigenvalue weighted by Gasteiger charge is -2.33. The van der Waals surface area contributed by atoms with Gasteiger partial charge in [0.15, 0.2) is 0 Å².